The molecule has 2 nitrogen and oxygen atoms in total. The summed E-state index contributed by atoms with van der Waals surface area (Å²) in [5.74, 6) is -2.24. The number of thiol groups is 2. The van der Waals surface area contributed by atoms with E-state index in [4.69, 9.17) is 0 Å². The van der Waals surface area contributed by atoms with E-state index >= 15 is 0 Å². The van der Waals surface area contributed by atoms with Crippen LogP contribution in [0, 0.1) is 11.6 Å². The van der Waals surface area contributed by atoms with Crippen LogP contribution < -0.4 is 0 Å². The van der Waals surface area contributed by atoms with Gasteiger partial charge in [-0.2, -0.15) is 0 Å². The van der Waals surface area contributed by atoms with Gasteiger partial charge in [0.2, 0.25) is 0 Å². The summed E-state index contributed by atoms with van der Waals surface area (Å²) >= 11 is 6.98. The number of hydrogen-bond donors (Lipinski definition) is 2. The van der Waals surface area contributed by atoms with Gasteiger partial charge in [-0.1, -0.05) is 0 Å². The first kappa shape index (κ1) is 7.74. The molecular formula is C4H2F2N2S2. The van der Waals surface area contributed by atoms with Gasteiger partial charge >= 0.3 is 0 Å². The van der Waals surface area contributed by atoms with Crippen molar-refractivity contribution < 1.29 is 8.78 Å². The number of rotatable bonds is 0. The minimum Gasteiger partial charge on any atom is -0.201 e. The molecule has 0 unspecified atom stereocenters. The molecule has 0 spiro atoms. The summed E-state index contributed by atoms with van der Waals surface area (Å²) in [6, 6.07) is 0. The van der Waals surface area contributed by atoms with E-state index in [1.54, 1.807) is 0 Å². The summed E-state index contributed by atoms with van der Waals surface area (Å²) in [6.07, 6.45) is 0. The zero-order valence-electron chi connectivity index (χ0n) is 4.54. The van der Waals surface area contributed by atoms with E-state index in [0.717, 1.165) is 0 Å². The molecule has 1 rings (SSSR count). The summed E-state index contributed by atoms with van der Waals surface area (Å²) in [4.78, 5) is 0. The van der Waals surface area contributed by atoms with E-state index in [0.29, 0.717) is 0 Å². The van der Waals surface area contributed by atoms with Gasteiger partial charge in [-0.3, -0.25) is 0 Å². The van der Waals surface area contributed by atoms with Gasteiger partial charge in [-0.05, 0) is 0 Å². The number of nitrogens with zero attached hydrogens (tertiary/aromatic N) is 2. The van der Waals surface area contributed by atoms with Crippen LogP contribution in [0.1, 0.15) is 0 Å². The average Bonchev–Trinajstić information content (AvgIpc) is 1.93. The van der Waals surface area contributed by atoms with Crippen LogP contribution in [0.2, 0.25) is 0 Å². The Morgan fingerprint density at radius 2 is 1.20 bits per heavy atom. The summed E-state index contributed by atoms with van der Waals surface area (Å²) in [7, 11) is 0. The van der Waals surface area contributed by atoms with Gasteiger partial charge in [0.05, 0.1) is 0 Å². The quantitative estimate of drug-likeness (QED) is 0.589. The van der Waals surface area contributed by atoms with Crippen LogP contribution in [0.4, 0.5) is 8.78 Å². The second-order valence-electron chi connectivity index (χ2n) is 1.48. The van der Waals surface area contributed by atoms with Crippen molar-refractivity contribution in [2.24, 2.45) is 0 Å². The van der Waals surface area contributed by atoms with Gasteiger partial charge in [0.15, 0.2) is 21.7 Å². The zero-order valence-corrected chi connectivity index (χ0v) is 6.33. The molecule has 6 heteroatoms. The molecule has 1 aromatic rings. The Kier molecular flexibility index (Phi) is 2.10. The van der Waals surface area contributed by atoms with Crippen molar-refractivity contribution in [3.05, 3.63) is 11.6 Å². The van der Waals surface area contributed by atoms with Crippen molar-refractivity contribution in [1.29, 1.82) is 0 Å². The van der Waals surface area contributed by atoms with E-state index < -0.39 is 11.6 Å². The summed E-state index contributed by atoms with van der Waals surface area (Å²) in [5.41, 5.74) is 0. The third-order valence-corrected chi connectivity index (χ3v) is 1.40. The van der Waals surface area contributed by atoms with Crippen molar-refractivity contribution in [2.45, 2.75) is 10.1 Å². The van der Waals surface area contributed by atoms with E-state index in [2.05, 4.69) is 35.5 Å². The molecule has 0 aliphatic heterocycles. The molecule has 1 heterocycles. The fourth-order valence-corrected chi connectivity index (χ4v) is 0.665. The molecule has 0 bridgehead atoms. The molecule has 1 aromatic heterocycles. The number of halogens is 2. The van der Waals surface area contributed by atoms with Gasteiger partial charge < -0.3 is 0 Å². The largest absolute Gasteiger partial charge is 0.201 e. The molecule has 0 N–H and O–H groups in total. The Morgan fingerprint density at radius 3 is 1.50 bits per heavy atom. The first-order valence-electron chi connectivity index (χ1n) is 2.22. The van der Waals surface area contributed by atoms with Crippen LogP contribution in [-0.2, 0) is 0 Å². The third-order valence-electron chi connectivity index (χ3n) is 0.825. The average molecular weight is 180 g/mol. The van der Waals surface area contributed by atoms with Gasteiger partial charge in [0.25, 0.3) is 0 Å². The van der Waals surface area contributed by atoms with Crippen molar-refractivity contribution in [3.8, 4) is 0 Å². The normalized spacial score (nSPS) is 10.0. The molecular weight excluding hydrogens is 178 g/mol. The van der Waals surface area contributed by atoms with Crippen LogP contribution in [0.25, 0.3) is 0 Å². The highest BCUT2D eigenvalue weighted by Gasteiger charge is 2.10. The second kappa shape index (κ2) is 2.71. The number of aromatic nitrogens is 2. The van der Waals surface area contributed by atoms with Crippen molar-refractivity contribution >= 4 is 25.3 Å². The zero-order chi connectivity index (χ0) is 7.72. The first-order chi connectivity index (χ1) is 4.63. The maximum atomic E-state index is 12.4. The lowest BCUT2D eigenvalue weighted by atomic mass is 10.5. The van der Waals surface area contributed by atoms with E-state index in [1.165, 1.54) is 0 Å². The molecule has 0 saturated carbocycles. The van der Waals surface area contributed by atoms with Gasteiger partial charge in [-0.15, -0.1) is 35.5 Å². The summed E-state index contributed by atoms with van der Waals surface area (Å²) in [6.45, 7) is 0. The molecule has 10 heavy (non-hydrogen) atoms. The molecule has 0 aliphatic rings. The molecule has 0 radical (unpaired) electrons. The molecule has 0 saturated heterocycles. The predicted molar refractivity (Wildman–Crippen MR) is 36.5 cm³/mol. The smallest absolute Gasteiger partial charge is 0.195 e. The van der Waals surface area contributed by atoms with E-state index in [9.17, 15) is 8.78 Å². The molecule has 54 valence electrons. The first-order valence-corrected chi connectivity index (χ1v) is 3.12. The lowest BCUT2D eigenvalue weighted by Crippen LogP contribution is -1.95. The van der Waals surface area contributed by atoms with Crippen molar-refractivity contribution in [1.82, 2.24) is 10.2 Å². The lowest BCUT2D eigenvalue weighted by molar-refractivity contribution is 0.447. The van der Waals surface area contributed by atoms with Crippen molar-refractivity contribution in [2.75, 3.05) is 0 Å². The number of hydrogen-bond acceptors (Lipinski definition) is 4. The lowest BCUT2D eigenvalue weighted by Gasteiger charge is -1.95. The van der Waals surface area contributed by atoms with Crippen molar-refractivity contribution in [3.63, 3.8) is 0 Å². The van der Waals surface area contributed by atoms with Gasteiger partial charge in [0.1, 0.15) is 0 Å². The Morgan fingerprint density at radius 1 is 0.900 bits per heavy atom. The molecule has 0 atom stereocenters. The highest BCUT2D eigenvalue weighted by molar-refractivity contribution is 7.80. The standard InChI is InChI=1S/C4H2F2N2S2/c5-1-2(6)4(10)8-7-3(1)9/h(H,7,9)(H,8,10). The minimum atomic E-state index is -1.12. The fourth-order valence-electron chi connectivity index (χ4n) is 0.379. The monoisotopic (exact) mass is 180 g/mol. The van der Waals surface area contributed by atoms with Crippen LogP contribution in [0.3, 0.4) is 0 Å². The molecule has 0 fully saturated rings. The third kappa shape index (κ3) is 1.22. The summed E-state index contributed by atoms with van der Waals surface area (Å²) in [5, 5.41) is 5.59. The minimum absolute atomic E-state index is 0.365. The van der Waals surface area contributed by atoms with Gasteiger partial charge in [0, 0.05) is 0 Å². The SMILES string of the molecule is Fc1c(S)nnc(S)c1F. The Balaban J connectivity index is 3.34. The maximum Gasteiger partial charge on any atom is 0.195 e. The van der Waals surface area contributed by atoms with Gasteiger partial charge in [-0.25, -0.2) is 8.78 Å². The van der Waals surface area contributed by atoms with Crippen LogP contribution in [-0.4, -0.2) is 10.2 Å². The topological polar surface area (TPSA) is 25.8 Å². The van der Waals surface area contributed by atoms with Crippen LogP contribution in [0.15, 0.2) is 10.1 Å². The molecule has 0 aliphatic carbocycles. The Hall–Kier alpha value is -0.360. The Labute approximate surface area is 66.5 Å². The van der Waals surface area contributed by atoms with Crippen LogP contribution >= 0.6 is 25.3 Å². The fraction of sp³-hybridized carbons (Fsp3) is 0. The second-order valence-corrected chi connectivity index (χ2v) is 2.32. The molecule has 0 aromatic carbocycles. The van der Waals surface area contributed by atoms with E-state index in [-0.39, 0.29) is 10.1 Å². The Bertz CT molecular complexity index is 239. The summed E-state index contributed by atoms with van der Waals surface area (Å²) < 4.78 is 24.8. The highest BCUT2D eigenvalue weighted by Crippen LogP contribution is 2.15. The molecule has 0 amide bonds. The van der Waals surface area contributed by atoms with E-state index in [1.807, 2.05) is 0 Å². The highest BCUT2D eigenvalue weighted by atomic mass is 32.1. The van der Waals surface area contributed by atoms with Crippen LogP contribution in [0.5, 0.6) is 0 Å². The predicted octanol–water partition coefficient (Wildman–Crippen LogP) is 1.33. The maximum absolute atomic E-state index is 12.4.